The molecule has 156 valence electrons. The molecule has 0 spiro atoms. The standard InChI is InChI=1S/C20H22Cl2N2O4S/c1-29(26,27)24(18-8-4-7-17(21)20(18)22)13-19(25)23-14-9-11-16(12-10-14)28-15-5-2-3-6-15/h4,7-12,15H,2-3,5-6,13H2,1H3,(H,23,25). The predicted octanol–water partition coefficient (Wildman–Crippen LogP) is 4.72. The molecule has 1 fully saturated rings. The fourth-order valence-electron chi connectivity index (χ4n) is 3.21. The highest BCUT2D eigenvalue weighted by atomic mass is 35.5. The summed E-state index contributed by atoms with van der Waals surface area (Å²) in [4.78, 5) is 12.5. The topological polar surface area (TPSA) is 75.7 Å². The number of ether oxygens (including phenoxy) is 1. The summed E-state index contributed by atoms with van der Waals surface area (Å²) in [5.74, 6) is 0.245. The lowest BCUT2D eigenvalue weighted by molar-refractivity contribution is -0.114. The van der Waals surface area contributed by atoms with Gasteiger partial charge in [0, 0.05) is 5.69 Å². The molecule has 3 rings (SSSR count). The number of halogens is 2. The number of nitrogens with one attached hydrogen (secondary N) is 1. The highest BCUT2D eigenvalue weighted by Crippen LogP contribution is 2.33. The molecule has 2 aromatic rings. The zero-order valence-electron chi connectivity index (χ0n) is 15.9. The number of rotatable bonds is 7. The van der Waals surface area contributed by atoms with E-state index in [2.05, 4.69) is 5.32 Å². The van der Waals surface area contributed by atoms with Crippen molar-refractivity contribution in [2.75, 3.05) is 22.4 Å². The maximum Gasteiger partial charge on any atom is 0.245 e. The Bertz CT molecular complexity index is 974. The van der Waals surface area contributed by atoms with Crippen LogP contribution in [0.25, 0.3) is 0 Å². The van der Waals surface area contributed by atoms with Gasteiger partial charge in [-0.3, -0.25) is 9.10 Å². The maximum absolute atomic E-state index is 12.5. The molecule has 0 aromatic heterocycles. The van der Waals surface area contributed by atoms with Crippen molar-refractivity contribution < 1.29 is 17.9 Å². The number of sulfonamides is 1. The van der Waals surface area contributed by atoms with Crippen LogP contribution >= 0.6 is 23.2 Å². The van der Waals surface area contributed by atoms with Crippen LogP contribution in [0.2, 0.25) is 10.0 Å². The Morgan fingerprint density at radius 1 is 1.14 bits per heavy atom. The molecule has 0 unspecified atom stereocenters. The number of carbonyl (C=O) groups is 1. The molecule has 0 aliphatic heterocycles. The Kier molecular flexibility index (Phi) is 6.93. The van der Waals surface area contributed by atoms with Crippen molar-refractivity contribution in [1.29, 1.82) is 0 Å². The lowest BCUT2D eigenvalue weighted by Gasteiger charge is -2.23. The zero-order valence-corrected chi connectivity index (χ0v) is 18.2. The Balaban J connectivity index is 1.68. The first-order valence-corrected chi connectivity index (χ1v) is 11.8. The van der Waals surface area contributed by atoms with Crippen molar-refractivity contribution in [3.8, 4) is 5.75 Å². The molecular weight excluding hydrogens is 435 g/mol. The SMILES string of the molecule is CS(=O)(=O)N(CC(=O)Nc1ccc(OC2CCCC2)cc1)c1cccc(Cl)c1Cl. The maximum atomic E-state index is 12.5. The largest absolute Gasteiger partial charge is 0.490 e. The first kappa shape index (κ1) is 21.7. The van der Waals surface area contributed by atoms with E-state index in [1.54, 1.807) is 36.4 Å². The Hall–Kier alpha value is -1.96. The number of hydrogen-bond acceptors (Lipinski definition) is 4. The van der Waals surface area contributed by atoms with Crippen molar-refractivity contribution in [1.82, 2.24) is 0 Å². The Morgan fingerprint density at radius 3 is 2.41 bits per heavy atom. The average molecular weight is 457 g/mol. The molecule has 0 atom stereocenters. The van der Waals surface area contributed by atoms with E-state index in [1.807, 2.05) is 0 Å². The summed E-state index contributed by atoms with van der Waals surface area (Å²) in [5, 5.41) is 2.97. The van der Waals surface area contributed by atoms with Crippen molar-refractivity contribution in [2.45, 2.75) is 31.8 Å². The molecule has 2 aromatic carbocycles. The normalized spacial score (nSPS) is 14.6. The van der Waals surface area contributed by atoms with Gasteiger partial charge in [-0.2, -0.15) is 0 Å². The molecule has 0 heterocycles. The number of hydrogen-bond donors (Lipinski definition) is 1. The first-order chi connectivity index (χ1) is 13.7. The van der Waals surface area contributed by atoms with Gasteiger partial charge in [0.1, 0.15) is 12.3 Å². The van der Waals surface area contributed by atoms with Gasteiger partial charge in [-0.15, -0.1) is 0 Å². The molecule has 1 aliphatic rings. The van der Waals surface area contributed by atoms with Gasteiger partial charge in [-0.1, -0.05) is 29.3 Å². The number of benzene rings is 2. The molecule has 1 amide bonds. The van der Waals surface area contributed by atoms with Crippen LogP contribution in [0.5, 0.6) is 5.75 Å². The molecule has 1 N–H and O–H groups in total. The van der Waals surface area contributed by atoms with Crippen LogP contribution < -0.4 is 14.4 Å². The van der Waals surface area contributed by atoms with Crippen LogP contribution in [0.15, 0.2) is 42.5 Å². The number of nitrogens with zero attached hydrogens (tertiary/aromatic N) is 1. The second-order valence-electron chi connectivity index (χ2n) is 6.94. The Labute approximate surface area is 180 Å². The van der Waals surface area contributed by atoms with Crippen LogP contribution in [0.4, 0.5) is 11.4 Å². The van der Waals surface area contributed by atoms with Crippen LogP contribution in [0.3, 0.4) is 0 Å². The molecule has 0 radical (unpaired) electrons. The summed E-state index contributed by atoms with van der Waals surface area (Å²) in [6, 6.07) is 11.6. The van der Waals surface area contributed by atoms with Crippen molar-refractivity contribution >= 4 is 50.5 Å². The number of anilines is 2. The molecule has 1 saturated carbocycles. The third-order valence-corrected chi connectivity index (χ3v) is 6.57. The second-order valence-corrected chi connectivity index (χ2v) is 9.63. The second kappa shape index (κ2) is 9.24. The van der Waals surface area contributed by atoms with Gasteiger partial charge in [0.2, 0.25) is 15.9 Å². The van der Waals surface area contributed by atoms with E-state index in [9.17, 15) is 13.2 Å². The summed E-state index contributed by atoms with van der Waals surface area (Å²) in [6.07, 6.45) is 5.75. The Morgan fingerprint density at radius 2 is 1.79 bits per heavy atom. The first-order valence-electron chi connectivity index (χ1n) is 9.22. The van der Waals surface area contributed by atoms with Gasteiger partial charge in [0.15, 0.2) is 0 Å². The van der Waals surface area contributed by atoms with Gasteiger partial charge in [-0.05, 0) is 62.1 Å². The van der Waals surface area contributed by atoms with Crippen molar-refractivity contribution in [3.63, 3.8) is 0 Å². The van der Waals surface area contributed by atoms with E-state index >= 15 is 0 Å². The summed E-state index contributed by atoms with van der Waals surface area (Å²) < 4.78 is 31.3. The highest BCUT2D eigenvalue weighted by Gasteiger charge is 2.24. The highest BCUT2D eigenvalue weighted by molar-refractivity contribution is 7.92. The van der Waals surface area contributed by atoms with Crippen molar-refractivity contribution in [3.05, 3.63) is 52.5 Å². The molecule has 0 saturated heterocycles. The van der Waals surface area contributed by atoms with E-state index in [0.29, 0.717) is 5.69 Å². The third-order valence-electron chi connectivity index (χ3n) is 4.63. The fraction of sp³-hybridized carbons (Fsp3) is 0.350. The van der Waals surface area contributed by atoms with Gasteiger partial charge in [-0.25, -0.2) is 8.42 Å². The van der Waals surface area contributed by atoms with E-state index in [4.69, 9.17) is 27.9 Å². The minimum atomic E-state index is -3.76. The van der Waals surface area contributed by atoms with Crippen LogP contribution in [-0.2, 0) is 14.8 Å². The monoisotopic (exact) mass is 456 g/mol. The van der Waals surface area contributed by atoms with Crippen LogP contribution in [0, 0.1) is 0 Å². The van der Waals surface area contributed by atoms with E-state index < -0.39 is 22.5 Å². The average Bonchev–Trinajstić information content (AvgIpc) is 3.16. The van der Waals surface area contributed by atoms with Crippen molar-refractivity contribution in [2.24, 2.45) is 0 Å². The number of amides is 1. The lowest BCUT2D eigenvalue weighted by Crippen LogP contribution is -2.37. The van der Waals surface area contributed by atoms with Gasteiger partial charge >= 0.3 is 0 Å². The van der Waals surface area contributed by atoms with Gasteiger partial charge in [0.25, 0.3) is 0 Å². The molecule has 9 heteroatoms. The quantitative estimate of drug-likeness (QED) is 0.653. The summed E-state index contributed by atoms with van der Waals surface area (Å²) in [5.41, 5.74) is 0.691. The summed E-state index contributed by atoms with van der Waals surface area (Å²) >= 11 is 12.1. The molecular formula is C20H22Cl2N2O4S. The third kappa shape index (κ3) is 5.78. The van der Waals surface area contributed by atoms with Gasteiger partial charge in [0.05, 0.1) is 28.1 Å². The lowest BCUT2D eigenvalue weighted by atomic mass is 10.2. The predicted molar refractivity (Wildman–Crippen MR) is 117 cm³/mol. The molecule has 0 bridgehead atoms. The molecule has 1 aliphatic carbocycles. The van der Waals surface area contributed by atoms with Crippen LogP contribution in [0.1, 0.15) is 25.7 Å². The van der Waals surface area contributed by atoms with E-state index in [-0.39, 0.29) is 21.8 Å². The fourth-order valence-corrected chi connectivity index (χ4v) is 4.52. The smallest absolute Gasteiger partial charge is 0.245 e. The minimum Gasteiger partial charge on any atom is -0.490 e. The minimum absolute atomic E-state index is 0.0702. The molecule has 29 heavy (non-hydrogen) atoms. The molecule has 6 nitrogen and oxygen atoms in total. The van der Waals surface area contributed by atoms with E-state index in [1.165, 1.54) is 18.9 Å². The summed E-state index contributed by atoms with van der Waals surface area (Å²) in [6.45, 7) is -0.431. The zero-order chi connectivity index (χ0) is 21.0. The van der Waals surface area contributed by atoms with E-state index in [0.717, 1.165) is 29.2 Å². The summed E-state index contributed by atoms with van der Waals surface area (Å²) in [7, 11) is -3.76. The number of carbonyl (C=O) groups excluding carboxylic acids is 1. The van der Waals surface area contributed by atoms with Crippen LogP contribution in [-0.4, -0.2) is 33.2 Å². The van der Waals surface area contributed by atoms with Gasteiger partial charge < -0.3 is 10.1 Å².